The molecule has 17 heavy (non-hydrogen) atoms. The number of rotatable bonds is 4. The summed E-state index contributed by atoms with van der Waals surface area (Å²) in [5.74, 6) is 0.732. The maximum atomic E-state index is 11.9. The second-order valence-corrected chi connectivity index (χ2v) is 4.75. The SMILES string of the molecule is Cc1cccc(CN(C)C(=O)CC2CNC2)n1. The van der Waals surface area contributed by atoms with E-state index in [1.54, 1.807) is 4.90 Å². The van der Waals surface area contributed by atoms with Crippen molar-refractivity contribution in [3.05, 3.63) is 29.6 Å². The second kappa shape index (κ2) is 5.27. The molecule has 1 aromatic rings. The van der Waals surface area contributed by atoms with Crippen LogP contribution in [0, 0.1) is 12.8 Å². The molecule has 0 bridgehead atoms. The van der Waals surface area contributed by atoms with E-state index in [0.29, 0.717) is 18.9 Å². The molecule has 1 N–H and O–H groups in total. The fourth-order valence-electron chi connectivity index (χ4n) is 1.91. The van der Waals surface area contributed by atoms with Gasteiger partial charge in [-0.1, -0.05) is 6.07 Å². The van der Waals surface area contributed by atoms with Gasteiger partial charge in [-0.3, -0.25) is 9.78 Å². The van der Waals surface area contributed by atoms with Crippen LogP contribution in [0.4, 0.5) is 0 Å². The summed E-state index contributed by atoms with van der Waals surface area (Å²) in [6.07, 6.45) is 0.648. The van der Waals surface area contributed by atoms with Gasteiger partial charge in [0.15, 0.2) is 0 Å². The Morgan fingerprint density at radius 1 is 1.53 bits per heavy atom. The lowest BCUT2D eigenvalue weighted by molar-refractivity contribution is -0.131. The number of hydrogen-bond acceptors (Lipinski definition) is 3. The molecule has 4 heteroatoms. The van der Waals surface area contributed by atoms with E-state index in [4.69, 9.17) is 0 Å². The molecule has 1 aliphatic heterocycles. The summed E-state index contributed by atoms with van der Waals surface area (Å²) in [4.78, 5) is 18.1. The van der Waals surface area contributed by atoms with Crippen molar-refractivity contribution < 1.29 is 4.79 Å². The number of carbonyl (C=O) groups is 1. The van der Waals surface area contributed by atoms with Gasteiger partial charge in [0.1, 0.15) is 0 Å². The number of nitrogens with one attached hydrogen (secondary N) is 1. The minimum Gasteiger partial charge on any atom is -0.340 e. The van der Waals surface area contributed by atoms with Crippen LogP contribution in [0.25, 0.3) is 0 Å². The summed E-state index contributed by atoms with van der Waals surface area (Å²) in [6.45, 7) is 4.51. The Balaban J connectivity index is 1.87. The van der Waals surface area contributed by atoms with Crippen LogP contribution in [0.1, 0.15) is 17.8 Å². The van der Waals surface area contributed by atoms with Gasteiger partial charge in [-0.25, -0.2) is 0 Å². The summed E-state index contributed by atoms with van der Waals surface area (Å²) in [5.41, 5.74) is 1.94. The molecule has 0 spiro atoms. The quantitative estimate of drug-likeness (QED) is 0.842. The normalized spacial score (nSPS) is 15.4. The molecule has 1 amide bonds. The van der Waals surface area contributed by atoms with E-state index in [2.05, 4.69) is 10.3 Å². The number of nitrogens with zero attached hydrogens (tertiary/aromatic N) is 2. The van der Waals surface area contributed by atoms with Crippen LogP contribution in [0.15, 0.2) is 18.2 Å². The van der Waals surface area contributed by atoms with Gasteiger partial charge in [0.25, 0.3) is 0 Å². The fraction of sp³-hybridized carbons (Fsp3) is 0.538. The Morgan fingerprint density at radius 3 is 2.88 bits per heavy atom. The molecule has 1 saturated heterocycles. The highest BCUT2D eigenvalue weighted by atomic mass is 16.2. The highest BCUT2D eigenvalue weighted by Gasteiger charge is 2.22. The van der Waals surface area contributed by atoms with E-state index in [0.717, 1.165) is 24.5 Å². The van der Waals surface area contributed by atoms with E-state index >= 15 is 0 Å². The lowest BCUT2D eigenvalue weighted by atomic mass is 9.99. The molecule has 0 saturated carbocycles. The van der Waals surface area contributed by atoms with Crippen molar-refractivity contribution in [3.63, 3.8) is 0 Å². The summed E-state index contributed by atoms with van der Waals surface area (Å²) in [5, 5.41) is 3.18. The highest BCUT2D eigenvalue weighted by molar-refractivity contribution is 5.76. The largest absolute Gasteiger partial charge is 0.340 e. The van der Waals surface area contributed by atoms with Crippen molar-refractivity contribution in [3.8, 4) is 0 Å². The standard InChI is InChI=1S/C13H19N3O/c1-10-4-3-5-12(15-10)9-16(2)13(17)6-11-7-14-8-11/h3-5,11,14H,6-9H2,1-2H3. The van der Waals surface area contributed by atoms with Crippen LogP contribution in [0.5, 0.6) is 0 Å². The molecule has 0 radical (unpaired) electrons. The molecule has 2 heterocycles. The molecule has 4 nitrogen and oxygen atoms in total. The Labute approximate surface area is 102 Å². The predicted molar refractivity (Wildman–Crippen MR) is 66.4 cm³/mol. The van der Waals surface area contributed by atoms with Gasteiger partial charge in [0.05, 0.1) is 12.2 Å². The van der Waals surface area contributed by atoms with Gasteiger partial charge >= 0.3 is 0 Å². The number of carbonyl (C=O) groups excluding carboxylic acids is 1. The maximum Gasteiger partial charge on any atom is 0.223 e. The summed E-state index contributed by atoms with van der Waals surface area (Å²) in [6, 6.07) is 5.90. The Hall–Kier alpha value is -1.42. The van der Waals surface area contributed by atoms with Gasteiger partial charge < -0.3 is 10.2 Å². The topological polar surface area (TPSA) is 45.2 Å². The zero-order valence-electron chi connectivity index (χ0n) is 10.4. The number of pyridine rings is 1. The molecular weight excluding hydrogens is 214 g/mol. The van der Waals surface area contributed by atoms with Crippen molar-refractivity contribution in [2.45, 2.75) is 19.9 Å². The zero-order chi connectivity index (χ0) is 12.3. The van der Waals surface area contributed by atoms with Crippen molar-refractivity contribution in [2.24, 2.45) is 5.92 Å². The molecule has 1 aliphatic rings. The first-order chi connectivity index (χ1) is 8.15. The van der Waals surface area contributed by atoms with Crippen LogP contribution in [-0.2, 0) is 11.3 Å². The van der Waals surface area contributed by atoms with Crippen LogP contribution in [-0.4, -0.2) is 35.9 Å². The minimum atomic E-state index is 0.208. The average molecular weight is 233 g/mol. The van der Waals surface area contributed by atoms with E-state index in [1.165, 1.54) is 0 Å². The Morgan fingerprint density at radius 2 is 2.29 bits per heavy atom. The lowest BCUT2D eigenvalue weighted by Crippen LogP contribution is -2.44. The molecule has 0 unspecified atom stereocenters. The monoisotopic (exact) mass is 233 g/mol. The van der Waals surface area contributed by atoms with Gasteiger partial charge in [0.2, 0.25) is 5.91 Å². The van der Waals surface area contributed by atoms with Crippen LogP contribution < -0.4 is 5.32 Å². The number of amides is 1. The summed E-state index contributed by atoms with van der Waals surface area (Å²) >= 11 is 0. The van der Waals surface area contributed by atoms with Gasteiger partial charge in [-0.15, -0.1) is 0 Å². The van der Waals surface area contributed by atoms with Crippen LogP contribution in [0.3, 0.4) is 0 Å². The number of aryl methyl sites for hydroxylation is 1. The first-order valence-corrected chi connectivity index (χ1v) is 6.02. The van der Waals surface area contributed by atoms with Gasteiger partial charge in [-0.2, -0.15) is 0 Å². The minimum absolute atomic E-state index is 0.208. The molecule has 1 aromatic heterocycles. The smallest absolute Gasteiger partial charge is 0.223 e. The third-order valence-corrected chi connectivity index (χ3v) is 3.10. The zero-order valence-corrected chi connectivity index (χ0v) is 10.4. The second-order valence-electron chi connectivity index (χ2n) is 4.75. The van der Waals surface area contributed by atoms with Crippen LogP contribution in [0.2, 0.25) is 0 Å². The maximum absolute atomic E-state index is 11.9. The lowest BCUT2D eigenvalue weighted by Gasteiger charge is -2.28. The van der Waals surface area contributed by atoms with Crippen molar-refractivity contribution in [2.75, 3.05) is 20.1 Å². The van der Waals surface area contributed by atoms with Crippen molar-refractivity contribution in [1.29, 1.82) is 0 Å². The predicted octanol–water partition coefficient (Wildman–Crippen LogP) is 0.958. The van der Waals surface area contributed by atoms with Crippen molar-refractivity contribution in [1.82, 2.24) is 15.2 Å². The molecule has 2 rings (SSSR count). The van der Waals surface area contributed by atoms with Crippen molar-refractivity contribution >= 4 is 5.91 Å². The molecule has 0 atom stereocenters. The highest BCUT2D eigenvalue weighted by Crippen LogP contribution is 2.11. The third-order valence-electron chi connectivity index (χ3n) is 3.10. The first kappa shape index (κ1) is 12.0. The molecule has 0 aromatic carbocycles. The fourth-order valence-corrected chi connectivity index (χ4v) is 1.91. The third kappa shape index (κ3) is 3.27. The van der Waals surface area contributed by atoms with E-state index in [9.17, 15) is 4.79 Å². The van der Waals surface area contributed by atoms with E-state index in [1.807, 2.05) is 32.2 Å². The number of aromatic nitrogens is 1. The Kier molecular flexibility index (Phi) is 3.74. The van der Waals surface area contributed by atoms with Crippen LogP contribution >= 0.6 is 0 Å². The summed E-state index contributed by atoms with van der Waals surface area (Å²) in [7, 11) is 1.85. The average Bonchev–Trinajstić information content (AvgIpc) is 2.23. The van der Waals surface area contributed by atoms with E-state index in [-0.39, 0.29) is 5.91 Å². The first-order valence-electron chi connectivity index (χ1n) is 6.02. The molecular formula is C13H19N3O. The summed E-state index contributed by atoms with van der Waals surface area (Å²) < 4.78 is 0. The number of hydrogen-bond donors (Lipinski definition) is 1. The van der Waals surface area contributed by atoms with E-state index < -0.39 is 0 Å². The molecule has 1 fully saturated rings. The van der Waals surface area contributed by atoms with Gasteiger partial charge in [0, 0.05) is 19.2 Å². The molecule has 0 aliphatic carbocycles. The van der Waals surface area contributed by atoms with Gasteiger partial charge in [-0.05, 0) is 38.1 Å². The molecule has 92 valence electrons. The Bertz CT molecular complexity index is 401.